The van der Waals surface area contributed by atoms with Crippen molar-refractivity contribution in [3.63, 3.8) is 0 Å². The fourth-order valence-corrected chi connectivity index (χ4v) is 2.96. The van der Waals surface area contributed by atoms with E-state index in [1.807, 2.05) is 12.1 Å². The number of hydrogen-bond donors (Lipinski definition) is 0. The van der Waals surface area contributed by atoms with Gasteiger partial charge in [-0.25, -0.2) is 0 Å². The summed E-state index contributed by atoms with van der Waals surface area (Å²) in [5, 5.41) is -0.162. The van der Waals surface area contributed by atoms with Gasteiger partial charge >= 0.3 is 0 Å². The highest BCUT2D eigenvalue weighted by Gasteiger charge is 2.28. The third kappa shape index (κ3) is 2.96. The Labute approximate surface area is 124 Å². The van der Waals surface area contributed by atoms with Crippen molar-refractivity contribution in [2.75, 3.05) is 34.5 Å². The van der Waals surface area contributed by atoms with E-state index in [9.17, 15) is 0 Å². The molecule has 112 valence electrons. The second-order valence-corrected chi connectivity index (χ2v) is 5.27. The highest BCUT2D eigenvalue weighted by atomic mass is 35.5. The highest BCUT2D eigenvalue weighted by Crippen LogP contribution is 2.46. The zero-order chi connectivity index (χ0) is 14.5. The number of ether oxygens (including phenoxy) is 4. The molecule has 0 N–H and O–H groups in total. The Morgan fingerprint density at radius 1 is 1.15 bits per heavy atom. The van der Waals surface area contributed by atoms with Gasteiger partial charge in [-0.1, -0.05) is 0 Å². The maximum Gasteiger partial charge on any atom is 0.203 e. The third-order valence-electron chi connectivity index (χ3n) is 3.64. The molecule has 1 aromatic carbocycles. The summed E-state index contributed by atoms with van der Waals surface area (Å²) in [6, 6.07) is 3.79. The van der Waals surface area contributed by atoms with Crippen molar-refractivity contribution in [3.8, 4) is 17.2 Å². The first-order valence-corrected chi connectivity index (χ1v) is 7.17. The molecule has 0 bridgehead atoms. The summed E-state index contributed by atoms with van der Waals surface area (Å²) in [6.45, 7) is 1.51. The van der Waals surface area contributed by atoms with Crippen molar-refractivity contribution in [1.29, 1.82) is 0 Å². The molecule has 1 aliphatic rings. The molecule has 0 radical (unpaired) electrons. The van der Waals surface area contributed by atoms with E-state index in [0.717, 1.165) is 25.0 Å². The predicted octanol–water partition coefficient (Wildman–Crippen LogP) is 3.42. The Hall–Kier alpha value is -1.13. The molecule has 1 saturated heterocycles. The third-order valence-corrected chi connectivity index (χ3v) is 4.23. The largest absolute Gasteiger partial charge is 0.493 e. The molecule has 2 rings (SSSR count). The van der Waals surface area contributed by atoms with E-state index in [1.54, 1.807) is 21.3 Å². The summed E-state index contributed by atoms with van der Waals surface area (Å²) in [6.07, 6.45) is 2.11. The Kier molecular flexibility index (Phi) is 5.38. The molecule has 4 nitrogen and oxygen atoms in total. The van der Waals surface area contributed by atoms with Crippen LogP contribution in [0.2, 0.25) is 0 Å². The summed E-state index contributed by atoms with van der Waals surface area (Å²) >= 11 is 6.64. The first kappa shape index (κ1) is 15.3. The van der Waals surface area contributed by atoms with Gasteiger partial charge in [-0.15, -0.1) is 11.6 Å². The summed E-state index contributed by atoms with van der Waals surface area (Å²) in [5.41, 5.74) is 0.919. The van der Waals surface area contributed by atoms with Crippen LogP contribution in [0.4, 0.5) is 0 Å². The van der Waals surface area contributed by atoms with Gasteiger partial charge in [0.1, 0.15) is 0 Å². The van der Waals surface area contributed by atoms with E-state index in [1.165, 1.54) is 0 Å². The molecular weight excluding hydrogens is 280 g/mol. The SMILES string of the molecule is COc1ccc(C(Cl)C2CCCOC2)c(OC)c1OC. The van der Waals surface area contributed by atoms with E-state index in [0.29, 0.717) is 23.9 Å². The number of halogens is 1. The van der Waals surface area contributed by atoms with Crippen molar-refractivity contribution < 1.29 is 18.9 Å². The number of methoxy groups -OCH3 is 3. The van der Waals surface area contributed by atoms with Crippen LogP contribution < -0.4 is 14.2 Å². The summed E-state index contributed by atoms with van der Waals surface area (Å²) < 4.78 is 21.7. The van der Waals surface area contributed by atoms with Crippen molar-refractivity contribution in [2.24, 2.45) is 5.92 Å². The van der Waals surface area contributed by atoms with Gasteiger partial charge in [0.2, 0.25) is 5.75 Å². The Morgan fingerprint density at radius 2 is 1.90 bits per heavy atom. The summed E-state index contributed by atoms with van der Waals surface area (Å²) in [7, 11) is 4.81. The Morgan fingerprint density at radius 3 is 2.45 bits per heavy atom. The van der Waals surface area contributed by atoms with Gasteiger partial charge in [-0.3, -0.25) is 0 Å². The fourth-order valence-electron chi connectivity index (χ4n) is 2.59. The second-order valence-electron chi connectivity index (χ2n) is 4.80. The molecule has 1 heterocycles. The smallest absolute Gasteiger partial charge is 0.203 e. The Balaban J connectivity index is 2.34. The normalized spacial score (nSPS) is 20.3. The first-order valence-electron chi connectivity index (χ1n) is 6.73. The summed E-state index contributed by atoms with van der Waals surface area (Å²) in [4.78, 5) is 0. The predicted molar refractivity (Wildman–Crippen MR) is 78.2 cm³/mol. The maximum absolute atomic E-state index is 6.64. The average molecular weight is 301 g/mol. The molecule has 2 unspecified atom stereocenters. The Bertz CT molecular complexity index is 444. The van der Waals surface area contributed by atoms with Gasteiger partial charge in [-0.05, 0) is 25.0 Å². The molecule has 1 aliphatic heterocycles. The molecular formula is C15H21ClO4. The molecule has 0 amide bonds. The van der Waals surface area contributed by atoms with Crippen LogP contribution >= 0.6 is 11.6 Å². The molecule has 1 aromatic rings. The lowest BCUT2D eigenvalue weighted by Gasteiger charge is -2.28. The van der Waals surface area contributed by atoms with Crippen LogP contribution in [0.5, 0.6) is 17.2 Å². The average Bonchev–Trinajstić information content (AvgIpc) is 2.53. The number of rotatable bonds is 5. The van der Waals surface area contributed by atoms with Crippen LogP contribution in [-0.4, -0.2) is 34.5 Å². The second kappa shape index (κ2) is 7.04. The molecule has 0 spiro atoms. The van der Waals surface area contributed by atoms with E-state index in [-0.39, 0.29) is 11.3 Å². The lowest BCUT2D eigenvalue weighted by atomic mass is 9.92. The zero-order valence-electron chi connectivity index (χ0n) is 12.1. The van der Waals surface area contributed by atoms with Crippen LogP contribution in [-0.2, 0) is 4.74 Å². The number of alkyl halides is 1. The summed E-state index contributed by atoms with van der Waals surface area (Å²) in [5.74, 6) is 2.14. The van der Waals surface area contributed by atoms with Crippen LogP contribution in [0.25, 0.3) is 0 Å². The van der Waals surface area contributed by atoms with Gasteiger partial charge in [0.25, 0.3) is 0 Å². The quantitative estimate of drug-likeness (QED) is 0.781. The van der Waals surface area contributed by atoms with E-state index >= 15 is 0 Å². The van der Waals surface area contributed by atoms with Gasteiger partial charge in [0, 0.05) is 18.1 Å². The molecule has 0 aromatic heterocycles. The molecule has 5 heteroatoms. The minimum Gasteiger partial charge on any atom is -0.493 e. The number of benzene rings is 1. The lowest BCUT2D eigenvalue weighted by molar-refractivity contribution is 0.0529. The van der Waals surface area contributed by atoms with Crippen LogP contribution in [0.15, 0.2) is 12.1 Å². The maximum atomic E-state index is 6.64. The van der Waals surface area contributed by atoms with Crippen LogP contribution in [0.3, 0.4) is 0 Å². The van der Waals surface area contributed by atoms with Crippen molar-refractivity contribution in [3.05, 3.63) is 17.7 Å². The van der Waals surface area contributed by atoms with Gasteiger partial charge in [0.05, 0.1) is 33.3 Å². The monoisotopic (exact) mass is 300 g/mol. The first-order chi connectivity index (χ1) is 9.72. The van der Waals surface area contributed by atoms with E-state index in [4.69, 9.17) is 30.5 Å². The van der Waals surface area contributed by atoms with E-state index in [2.05, 4.69) is 0 Å². The molecule has 1 fully saturated rings. The van der Waals surface area contributed by atoms with Crippen LogP contribution in [0.1, 0.15) is 23.8 Å². The minimum atomic E-state index is -0.162. The van der Waals surface area contributed by atoms with Gasteiger partial charge in [0.15, 0.2) is 11.5 Å². The topological polar surface area (TPSA) is 36.9 Å². The zero-order valence-corrected chi connectivity index (χ0v) is 12.9. The number of hydrogen-bond acceptors (Lipinski definition) is 4. The molecule has 0 aliphatic carbocycles. The highest BCUT2D eigenvalue weighted by molar-refractivity contribution is 6.21. The van der Waals surface area contributed by atoms with Crippen molar-refractivity contribution in [1.82, 2.24) is 0 Å². The van der Waals surface area contributed by atoms with Crippen molar-refractivity contribution >= 4 is 11.6 Å². The van der Waals surface area contributed by atoms with Gasteiger partial charge < -0.3 is 18.9 Å². The van der Waals surface area contributed by atoms with Gasteiger partial charge in [-0.2, -0.15) is 0 Å². The standard InChI is InChI=1S/C15H21ClO4/c1-17-12-7-6-11(14(18-2)15(12)19-3)13(16)10-5-4-8-20-9-10/h6-7,10,13H,4-5,8-9H2,1-3H3. The molecule has 20 heavy (non-hydrogen) atoms. The van der Waals surface area contributed by atoms with Crippen molar-refractivity contribution in [2.45, 2.75) is 18.2 Å². The molecule has 2 atom stereocenters. The lowest BCUT2D eigenvalue weighted by Crippen LogP contribution is -2.21. The van der Waals surface area contributed by atoms with Crippen LogP contribution in [0, 0.1) is 5.92 Å². The molecule has 0 saturated carbocycles. The minimum absolute atomic E-state index is 0.162. The fraction of sp³-hybridized carbons (Fsp3) is 0.600. The van der Waals surface area contributed by atoms with E-state index < -0.39 is 0 Å².